The number of hydrogen-bond acceptors (Lipinski definition) is 8. The number of aliphatic imine (C=N–C) groups is 1. The number of unbranched alkanes of at least 4 members (excludes halogenated alkanes) is 2. The minimum absolute atomic E-state index is 0.0191. The zero-order valence-electron chi connectivity index (χ0n) is 28.5. The molecule has 266 valence electrons. The predicted octanol–water partition coefficient (Wildman–Crippen LogP) is 3.76. The van der Waals surface area contributed by atoms with Crippen LogP contribution in [0.3, 0.4) is 0 Å². The van der Waals surface area contributed by atoms with Gasteiger partial charge in [0.15, 0.2) is 5.96 Å². The zero-order chi connectivity index (χ0) is 36.7. The number of fused-ring (bicyclic) bond motifs is 1. The van der Waals surface area contributed by atoms with Gasteiger partial charge in [-0.15, -0.1) is 0 Å². The van der Waals surface area contributed by atoms with Crippen LogP contribution in [0.15, 0.2) is 102 Å². The van der Waals surface area contributed by atoms with E-state index in [0.717, 1.165) is 36.8 Å². The van der Waals surface area contributed by atoms with Gasteiger partial charge in [-0.2, -0.15) is 0 Å². The van der Waals surface area contributed by atoms with E-state index in [9.17, 15) is 24.0 Å². The number of aryl methyl sites for hydroxylation is 1. The molecule has 0 saturated carbocycles. The molecule has 12 heteroatoms. The van der Waals surface area contributed by atoms with Crippen molar-refractivity contribution in [1.82, 2.24) is 10.6 Å². The number of hydrogen-bond donors (Lipinski definition) is 4. The van der Waals surface area contributed by atoms with Crippen molar-refractivity contribution in [3.05, 3.63) is 114 Å². The Hall–Kier alpha value is -6.14. The molecule has 1 unspecified atom stereocenters. The lowest BCUT2D eigenvalue weighted by Crippen LogP contribution is -2.41. The van der Waals surface area contributed by atoms with Crippen LogP contribution in [0.5, 0.6) is 5.75 Å². The van der Waals surface area contributed by atoms with Gasteiger partial charge in [0, 0.05) is 24.9 Å². The molecule has 2 amide bonds. The summed E-state index contributed by atoms with van der Waals surface area (Å²) in [5, 5.41) is 5.77. The van der Waals surface area contributed by atoms with Crippen molar-refractivity contribution >= 4 is 47.7 Å². The molecule has 1 saturated heterocycles. The van der Waals surface area contributed by atoms with Gasteiger partial charge in [-0.3, -0.25) is 24.8 Å². The number of ether oxygens (including phenoxy) is 1. The monoisotopic (exact) mass is 700 g/mol. The van der Waals surface area contributed by atoms with Gasteiger partial charge in [0.05, 0.1) is 23.5 Å². The lowest BCUT2D eigenvalue weighted by Gasteiger charge is -2.26. The summed E-state index contributed by atoms with van der Waals surface area (Å²) in [6.07, 6.45) is 4.35. The average molecular weight is 701 g/mol. The molecule has 0 bridgehead atoms. The Kier molecular flexibility index (Phi) is 10.6. The number of benzene rings is 4. The zero-order valence-corrected chi connectivity index (χ0v) is 28.5. The number of rotatable bonds is 15. The first-order chi connectivity index (χ1) is 25.2. The highest BCUT2D eigenvalue weighted by Crippen LogP contribution is 2.45. The van der Waals surface area contributed by atoms with Gasteiger partial charge in [0.2, 0.25) is 0 Å². The first-order valence-corrected chi connectivity index (χ1v) is 17.1. The molecule has 0 radical (unpaired) electrons. The second-order valence-electron chi connectivity index (χ2n) is 13.0. The lowest BCUT2D eigenvalue weighted by molar-refractivity contribution is -0.138. The number of carbonyl (C=O) groups is 5. The van der Waals surface area contributed by atoms with Gasteiger partial charge in [-0.25, -0.2) is 4.79 Å². The molecule has 6 rings (SSSR count). The number of nitrogens with zero attached hydrogens (tertiary/aromatic N) is 2. The maximum atomic E-state index is 13.8. The standard InChI is InChI=1S/C40H40N6O6/c41-38(42)43-20-9-3-4-10-27-15-17-34-32(22-27)36(50)44-25-35(49)46(34)33-18-16-28(23-31(33)29-11-5-1-6-12-29)24-40(39(26-48,45-40)19-21-47)37(51)52-30-13-7-2-8-14-30/h1-2,5-8,11-18,21-23,26,45H,3-4,9-10,19-20,24-25H2,(H,44,50)(H4,41,42,43)/t39?,40-/m0/s1. The summed E-state index contributed by atoms with van der Waals surface area (Å²) in [5.41, 5.74) is 12.3. The molecule has 0 spiro atoms. The number of anilines is 2. The van der Waals surface area contributed by atoms with Gasteiger partial charge in [0.1, 0.15) is 29.4 Å². The van der Waals surface area contributed by atoms with Crippen molar-refractivity contribution in [3.63, 3.8) is 0 Å². The van der Waals surface area contributed by atoms with Crippen LogP contribution in [-0.2, 0) is 32.0 Å². The topological polar surface area (TPSA) is 196 Å². The van der Waals surface area contributed by atoms with E-state index in [4.69, 9.17) is 16.2 Å². The maximum Gasteiger partial charge on any atom is 0.334 e. The van der Waals surface area contributed by atoms with Gasteiger partial charge in [0.25, 0.3) is 11.8 Å². The fourth-order valence-corrected chi connectivity index (χ4v) is 6.79. The fraction of sp³-hybridized carbons (Fsp3) is 0.250. The second-order valence-corrected chi connectivity index (χ2v) is 13.0. The minimum atomic E-state index is -1.51. The highest BCUT2D eigenvalue weighted by molar-refractivity contribution is 6.14. The van der Waals surface area contributed by atoms with Crippen molar-refractivity contribution in [3.8, 4) is 16.9 Å². The predicted molar refractivity (Wildman–Crippen MR) is 197 cm³/mol. The van der Waals surface area contributed by atoms with Crippen molar-refractivity contribution < 1.29 is 28.7 Å². The van der Waals surface area contributed by atoms with Crippen LogP contribution < -0.4 is 31.7 Å². The number of para-hydroxylation sites is 1. The first-order valence-electron chi connectivity index (χ1n) is 17.1. The summed E-state index contributed by atoms with van der Waals surface area (Å²) in [6, 6.07) is 28.9. The Morgan fingerprint density at radius 1 is 0.846 bits per heavy atom. The van der Waals surface area contributed by atoms with E-state index in [-0.39, 0.29) is 37.2 Å². The molecule has 2 aliphatic heterocycles. The maximum absolute atomic E-state index is 13.8. The Morgan fingerprint density at radius 3 is 2.21 bits per heavy atom. The van der Waals surface area contributed by atoms with Crippen molar-refractivity contribution in [2.45, 2.75) is 49.6 Å². The van der Waals surface area contributed by atoms with E-state index in [1.165, 1.54) is 0 Å². The van der Waals surface area contributed by atoms with Crippen LogP contribution in [0.4, 0.5) is 11.4 Å². The first kappa shape index (κ1) is 35.7. The second kappa shape index (κ2) is 15.4. The third kappa shape index (κ3) is 7.33. The quantitative estimate of drug-likeness (QED) is 0.0272. The molecule has 2 heterocycles. The molecule has 2 atom stereocenters. The van der Waals surface area contributed by atoms with Crippen LogP contribution in [-0.4, -0.2) is 60.5 Å². The van der Waals surface area contributed by atoms with Crippen molar-refractivity contribution in [2.75, 3.05) is 18.0 Å². The van der Waals surface area contributed by atoms with Crippen LogP contribution in [0.2, 0.25) is 0 Å². The Labute approximate surface area is 301 Å². The van der Waals surface area contributed by atoms with E-state index in [0.29, 0.717) is 52.9 Å². The van der Waals surface area contributed by atoms with Crippen LogP contribution in [0.25, 0.3) is 11.1 Å². The van der Waals surface area contributed by atoms with Gasteiger partial charge in [-0.05, 0) is 72.4 Å². The van der Waals surface area contributed by atoms with E-state index < -0.39 is 17.0 Å². The summed E-state index contributed by atoms with van der Waals surface area (Å²) in [5.74, 6) is -0.995. The molecule has 0 aromatic heterocycles. The van der Waals surface area contributed by atoms with Crippen molar-refractivity contribution in [1.29, 1.82) is 0 Å². The molecule has 52 heavy (non-hydrogen) atoms. The molecule has 4 aromatic rings. The number of aldehydes is 2. The van der Waals surface area contributed by atoms with Gasteiger partial charge >= 0.3 is 5.97 Å². The SMILES string of the molecule is NC(N)=NCCCCCc1ccc2c(c1)C(=O)NCC(=O)N2c1ccc(C[C@@]2(C(=O)Oc3ccccc3)NC2(C=O)CC=O)cc1-c1ccccc1. The third-order valence-electron chi connectivity index (χ3n) is 9.51. The number of esters is 1. The summed E-state index contributed by atoms with van der Waals surface area (Å²) in [7, 11) is 0. The minimum Gasteiger partial charge on any atom is -0.425 e. The van der Waals surface area contributed by atoms with Crippen molar-refractivity contribution in [2.24, 2.45) is 16.5 Å². The smallest absolute Gasteiger partial charge is 0.334 e. The van der Waals surface area contributed by atoms with Crippen LogP contribution >= 0.6 is 0 Å². The van der Waals surface area contributed by atoms with Gasteiger partial charge < -0.3 is 31.1 Å². The Morgan fingerprint density at radius 2 is 1.52 bits per heavy atom. The van der Waals surface area contributed by atoms with Gasteiger partial charge in [-0.1, -0.05) is 67.1 Å². The van der Waals surface area contributed by atoms with E-state index in [1.807, 2.05) is 48.5 Å². The fourth-order valence-electron chi connectivity index (χ4n) is 6.79. The molecular formula is C40H40N6O6. The average Bonchev–Trinajstić information content (AvgIpc) is 3.83. The summed E-state index contributed by atoms with van der Waals surface area (Å²) in [4.78, 5) is 70.6. The molecule has 2 aliphatic rings. The summed E-state index contributed by atoms with van der Waals surface area (Å²) < 4.78 is 5.71. The molecular weight excluding hydrogens is 660 g/mol. The highest BCUT2D eigenvalue weighted by atomic mass is 16.5. The number of guanidine groups is 1. The summed E-state index contributed by atoms with van der Waals surface area (Å²) >= 11 is 0. The Balaban J connectivity index is 1.36. The third-order valence-corrected chi connectivity index (χ3v) is 9.51. The van der Waals surface area contributed by atoms with Crippen LogP contribution in [0.1, 0.15) is 47.2 Å². The highest BCUT2D eigenvalue weighted by Gasteiger charge is 2.73. The largest absolute Gasteiger partial charge is 0.425 e. The molecule has 1 fully saturated rings. The van der Waals surface area contributed by atoms with E-state index in [1.54, 1.807) is 53.4 Å². The molecule has 4 aromatic carbocycles. The lowest BCUT2D eigenvalue weighted by atomic mass is 9.85. The Bertz CT molecular complexity index is 2020. The number of carbonyl (C=O) groups excluding carboxylic acids is 5. The van der Waals surface area contributed by atoms with E-state index in [2.05, 4.69) is 15.6 Å². The normalized spacial score (nSPS) is 19.1. The molecule has 0 aliphatic carbocycles. The number of amides is 2. The number of nitrogens with one attached hydrogen (secondary N) is 2. The summed E-state index contributed by atoms with van der Waals surface area (Å²) in [6.45, 7) is 0.343. The van der Waals surface area contributed by atoms with Crippen LogP contribution in [0, 0.1) is 0 Å². The molecule has 6 N–H and O–H groups in total. The van der Waals surface area contributed by atoms with E-state index >= 15 is 0 Å². The number of nitrogens with two attached hydrogens (primary N) is 2. The molecule has 12 nitrogen and oxygen atoms in total.